The molecule has 24 heavy (non-hydrogen) atoms. The number of nitrogen functional groups attached to an aromatic ring is 1. The highest BCUT2D eigenvalue weighted by Gasteiger charge is 2.20. The third kappa shape index (κ3) is 3.34. The molecule has 2 aromatic carbocycles. The Bertz CT molecular complexity index is 836. The van der Waals surface area contributed by atoms with Crippen LogP contribution in [0.3, 0.4) is 0 Å². The van der Waals surface area contributed by atoms with Gasteiger partial charge in [-0.25, -0.2) is 0 Å². The zero-order valence-corrected chi connectivity index (χ0v) is 14.5. The molecule has 0 radical (unpaired) electrons. The SMILES string of the molecule is CC(C)Oc1ccc(C(=O)c2c(-c3ccccc3)csc2N)cc1. The average Bonchev–Trinajstić information content (AvgIpc) is 2.97. The lowest BCUT2D eigenvalue weighted by Gasteiger charge is -2.10. The third-order valence-electron chi connectivity index (χ3n) is 3.62. The highest BCUT2D eigenvalue weighted by atomic mass is 32.1. The first kappa shape index (κ1) is 16.3. The van der Waals surface area contributed by atoms with Crippen LogP contribution in [0.25, 0.3) is 11.1 Å². The average molecular weight is 337 g/mol. The number of hydrogen-bond acceptors (Lipinski definition) is 4. The van der Waals surface area contributed by atoms with Gasteiger partial charge in [-0.3, -0.25) is 4.79 Å². The van der Waals surface area contributed by atoms with Crippen molar-refractivity contribution in [1.29, 1.82) is 0 Å². The first-order valence-electron chi connectivity index (χ1n) is 7.80. The summed E-state index contributed by atoms with van der Waals surface area (Å²) in [5, 5.41) is 2.48. The van der Waals surface area contributed by atoms with Crippen molar-refractivity contribution in [2.75, 3.05) is 5.73 Å². The van der Waals surface area contributed by atoms with E-state index in [-0.39, 0.29) is 11.9 Å². The number of carbonyl (C=O) groups excluding carboxylic acids is 1. The van der Waals surface area contributed by atoms with Crippen LogP contribution in [0.15, 0.2) is 60.0 Å². The van der Waals surface area contributed by atoms with E-state index in [9.17, 15) is 4.79 Å². The van der Waals surface area contributed by atoms with E-state index in [1.54, 1.807) is 12.1 Å². The molecule has 3 nitrogen and oxygen atoms in total. The van der Waals surface area contributed by atoms with E-state index in [1.165, 1.54) is 11.3 Å². The standard InChI is InChI=1S/C20H19NO2S/c1-13(2)23-16-10-8-15(9-11-16)19(22)18-17(12-24-20(18)21)14-6-4-3-5-7-14/h3-13H,21H2,1-2H3. The van der Waals surface area contributed by atoms with E-state index in [2.05, 4.69) is 0 Å². The van der Waals surface area contributed by atoms with Crippen molar-refractivity contribution in [3.8, 4) is 16.9 Å². The number of hydrogen-bond donors (Lipinski definition) is 1. The van der Waals surface area contributed by atoms with Crippen LogP contribution in [-0.2, 0) is 0 Å². The van der Waals surface area contributed by atoms with E-state index in [4.69, 9.17) is 10.5 Å². The molecule has 1 aromatic heterocycles. The summed E-state index contributed by atoms with van der Waals surface area (Å²) in [4.78, 5) is 12.9. The van der Waals surface area contributed by atoms with Gasteiger partial charge in [0.15, 0.2) is 5.78 Å². The van der Waals surface area contributed by atoms with Crippen molar-refractivity contribution < 1.29 is 9.53 Å². The topological polar surface area (TPSA) is 52.3 Å². The molecule has 0 amide bonds. The highest BCUT2D eigenvalue weighted by Crippen LogP contribution is 2.35. The van der Waals surface area contributed by atoms with Crippen LogP contribution in [0, 0.1) is 0 Å². The van der Waals surface area contributed by atoms with Crippen LogP contribution < -0.4 is 10.5 Å². The van der Waals surface area contributed by atoms with Crippen LogP contribution in [0.4, 0.5) is 5.00 Å². The molecule has 0 bridgehead atoms. The van der Waals surface area contributed by atoms with Gasteiger partial charge in [-0.1, -0.05) is 30.3 Å². The van der Waals surface area contributed by atoms with E-state index in [0.29, 0.717) is 16.1 Å². The van der Waals surface area contributed by atoms with Gasteiger partial charge in [0.2, 0.25) is 0 Å². The number of ketones is 1. The fourth-order valence-electron chi connectivity index (χ4n) is 2.54. The number of benzene rings is 2. The fourth-order valence-corrected chi connectivity index (χ4v) is 3.36. The van der Waals surface area contributed by atoms with Gasteiger partial charge in [0.25, 0.3) is 0 Å². The number of rotatable bonds is 5. The summed E-state index contributed by atoms with van der Waals surface area (Å²) in [7, 11) is 0. The highest BCUT2D eigenvalue weighted by molar-refractivity contribution is 7.15. The van der Waals surface area contributed by atoms with Gasteiger partial charge in [0.1, 0.15) is 5.75 Å². The maximum absolute atomic E-state index is 12.9. The lowest BCUT2D eigenvalue weighted by molar-refractivity contribution is 0.104. The molecule has 0 aliphatic carbocycles. The third-order valence-corrected chi connectivity index (χ3v) is 4.43. The first-order chi connectivity index (χ1) is 11.6. The normalized spacial score (nSPS) is 10.8. The second kappa shape index (κ2) is 6.89. The number of anilines is 1. The fraction of sp³-hybridized carbons (Fsp3) is 0.150. The van der Waals surface area contributed by atoms with E-state index < -0.39 is 0 Å². The van der Waals surface area contributed by atoms with Gasteiger partial charge in [-0.2, -0.15) is 0 Å². The van der Waals surface area contributed by atoms with Crippen LogP contribution >= 0.6 is 11.3 Å². The molecular weight excluding hydrogens is 318 g/mol. The number of nitrogens with two attached hydrogens (primary N) is 1. The Morgan fingerprint density at radius 1 is 1.04 bits per heavy atom. The summed E-state index contributed by atoms with van der Waals surface area (Å²) < 4.78 is 5.62. The molecule has 122 valence electrons. The minimum Gasteiger partial charge on any atom is -0.491 e. The van der Waals surface area contributed by atoms with Gasteiger partial charge in [-0.15, -0.1) is 11.3 Å². The lowest BCUT2D eigenvalue weighted by Crippen LogP contribution is -2.07. The smallest absolute Gasteiger partial charge is 0.196 e. The van der Waals surface area contributed by atoms with Crippen molar-refractivity contribution in [2.24, 2.45) is 0 Å². The summed E-state index contributed by atoms with van der Waals surface area (Å²) in [6, 6.07) is 17.0. The first-order valence-corrected chi connectivity index (χ1v) is 8.68. The van der Waals surface area contributed by atoms with Crippen molar-refractivity contribution in [3.63, 3.8) is 0 Å². The number of carbonyl (C=O) groups is 1. The van der Waals surface area contributed by atoms with Crippen molar-refractivity contribution in [2.45, 2.75) is 20.0 Å². The summed E-state index contributed by atoms with van der Waals surface area (Å²) >= 11 is 1.39. The number of ether oxygens (including phenoxy) is 1. The maximum Gasteiger partial charge on any atom is 0.196 e. The Morgan fingerprint density at radius 2 is 1.71 bits per heavy atom. The Kier molecular flexibility index (Phi) is 4.67. The summed E-state index contributed by atoms with van der Waals surface area (Å²) in [6.07, 6.45) is 0.101. The van der Waals surface area contributed by atoms with Gasteiger partial charge in [0.05, 0.1) is 16.7 Å². The molecule has 0 spiro atoms. The molecule has 0 saturated heterocycles. The quantitative estimate of drug-likeness (QED) is 0.665. The minimum atomic E-state index is -0.0660. The zero-order chi connectivity index (χ0) is 17.1. The molecule has 0 fully saturated rings. The largest absolute Gasteiger partial charge is 0.491 e. The molecule has 3 rings (SSSR count). The molecule has 0 atom stereocenters. The van der Waals surface area contributed by atoms with Crippen LogP contribution in [0.1, 0.15) is 29.8 Å². The van der Waals surface area contributed by atoms with E-state index >= 15 is 0 Å². The molecule has 2 N–H and O–H groups in total. The molecule has 1 heterocycles. The second-order valence-electron chi connectivity index (χ2n) is 5.77. The molecule has 3 aromatic rings. The van der Waals surface area contributed by atoms with Gasteiger partial charge >= 0.3 is 0 Å². The molecule has 0 aliphatic heterocycles. The van der Waals surface area contributed by atoms with Crippen molar-refractivity contribution in [3.05, 3.63) is 71.1 Å². The Labute approximate surface area is 145 Å². The molecular formula is C20H19NO2S. The van der Waals surface area contributed by atoms with Gasteiger partial charge in [-0.05, 0) is 43.7 Å². The van der Waals surface area contributed by atoms with Crippen LogP contribution in [-0.4, -0.2) is 11.9 Å². The summed E-state index contributed by atoms with van der Waals surface area (Å²) in [5.74, 6) is 0.687. The molecule has 0 saturated carbocycles. The van der Waals surface area contributed by atoms with Gasteiger partial charge < -0.3 is 10.5 Å². The lowest BCUT2D eigenvalue weighted by atomic mass is 9.97. The predicted molar refractivity (Wildman–Crippen MR) is 99.8 cm³/mol. The van der Waals surface area contributed by atoms with Crippen LogP contribution in [0.2, 0.25) is 0 Å². The summed E-state index contributed by atoms with van der Waals surface area (Å²) in [5.41, 5.74) is 9.14. The van der Waals surface area contributed by atoms with E-state index in [1.807, 2.05) is 61.7 Å². The van der Waals surface area contributed by atoms with E-state index in [0.717, 1.165) is 16.9 Å². The van der Waals surface area contributed by atoms with Gasteiger partial charge in [0, 0.05) is 16.5 Å². The Morgan fingerprint density at radius 3 is 2.33 bits per heavy atom. The predicted octanol–water partition coefficient (Wildman–Crippen LogP) is 5.02. The maximum atomic E-state index is 12.9. The zero-order valence-electron chi connectivity index (χ0n) is 13.7. The molecule has 0 unspecified atom stereocenters. The van der Waals surface area contributed by atoms with Crippen molar-refractivity contribution >= 4 is 22.1 Å². The second-order valence-corrected chi connectivity index (χ2v) is 6.69. The Balaban J connectivity index is 1.95. The Hall–Kier alpha value is -2.59. The monoisotopic (exact) mass is 337 g/mol. The molecule has 4 heteroatoms. The minimum absolute atomic E-state index is 0.0660. The summed E-state index contributed by atoms with van der Waals surface area (Å²) in [6.45, 7) is 3.94. The van der Waals surface area contributed by atoms with Crippen LogP contribution in [0.5, 0.6) is 5.75 Å². The molecule has 0 aliphatic rings. The number of thiophene rings is 1. The van der Waals surface area contributed by atoms with Crippen molar-refractivity contribution in [1.82, 2.24) is 0 Å².